The molecule has 1 atom stereocenters. The molecule has 1 unspecified atom stereocenters. The van der Waals surface area contributed by atoms with Gasteiger partial charge in [-0.1, -0.05) is 28.1 Å². The number of hydrogen-bond acceptors (Lipinski definition) is 2. The summed E-state index contributed by atoms with van der Waals surface area (Å²) in [7, 11) is 0. The van der Waals surface area contributed by atoms with Gasteiger partial charge in [0.1, 0.15) is 0 Å². The van der Waals surface area contributed by atoms with Crippen LogP contribution in [-0.4, -0.2) is 29.1 Å². The van der Waals surface area contributed by atoms with Gasteiger partial charge in [-0.2, -0.15) is 0 Å². The molecule has 1 fully saturated rings. The van der Waals surface area contributed by atoms with Crippen molar-refractivity contribution in [1.82, 2.24) is 4.90 Å². The molecule has 0 saturated carbocycles. The number of nitrogens with zero attached hydrogens (tertiary/aromatic N) is 1. The molecule has 0 aliphatic carbocycles. The molecule has 2 rings (SSSR count). The predicted molar refractivity (Wildman–Crippen MR) is 74.5 cm³/mol. The molecule has 1 aromatic carbocycles. The predicted octanol–water partition coefficient (Wildman–Crippen LogP) is 3.05. The molecular formula is C14H18BrNO2. The van der Waals surface area contributed by atoms with Crippen molar-refractivity contribution in [2.75, 3.05) is 13.1 Å². The molecule has 18 heavy (non-hydrogen) atoms. The lowest BCUT2D eigenvalue weighted by molar-refractivity contribution is -0.138. The number of halogens is 1. The Bertz CT molecular complexity index is 447. The maximum absolute atomic E-state index is 10.7. The summed E-state index contributed by atoms with van der Waals surface area (Å²) in [6.07, 6.45) is 1.29. The number of aryl methyl sites for hydroxylation is 1. The topological polar surface area (TPSA) is 40.5 Å². The summed E-state index contributed by atoms with van der Waals surface area (Å²) < 4.78 is 1.14. The van der Waals surface area contributed by atoms with Gasteiger partial charge in [0.15, 0.2) is 0 Å². The zero-order valence-electron chi connectivity index (χ0n) is 10.5. The maximum Gasteiger partial charge on any atom is 0.303 e. The van der Waals surface area contributed by atoms with E-state index in [1.165, 1.54) is 11.1 Å². The first-order chi connectivity index (χ1) is 8.54. The van der Waals surface area contributed by atoms with Crippen molar-refractivity contribution in [3.63, 3.8) is 0 Å². The number of likely N-dealkylation sites (tertiary alicyclic amines) is 1. The number of aliphatic carboxylic acids is 1. The summed E-state index contributed by atoms with van der Waals surface area (Å²) >= 11 is 3.59. The molecule has 1 aliphatic heterocycles. The fourth-order valence-electron chi connectivity index (χ4n) is 2.49. The zero-order chi connectivity index (χ0) is 13.1. The smallest absolute Gasteiger partial charge is 0.303 e. The average molecular weight is 312 g/mol. The van der Waals surface area contributed by atoms with Crippen LogP contribution >= 0.6 is 15.9 Å². The van der Waals surface area contributed by atoms with Crippen LogP contribution in [0.5, 0.6) is 0 Å². The van der Waals surface area contributed by atoms with Crippen molar-refractivity contribution in [2.24, 2.45) is 5.92 Å². The maximum atomic E-state index is 10.7. The van der Waals surface area contributed by atoms with Crippen molar-refractivity contribution >= 4 is 21.9 Å². The van der Waals surface area contributed by atoms with Crippen LogP contribution < -0.4 is 0 Å². The first-order valence-electron chi connectivity index (χ1n) is 6.24. The van der Waals surface area contributed by atoms with E-state index in [0.717, 1.165) is 30.5 Å². The normalized spacial score (nSPS) is 20.2. The van der Waals surface area contributed by atoms with E-state index in [2.05, 4.69) is 46.0 Å². The standard InChI is InChI=1S/C14H18BrNO2/c1-10-2-3-12(13(15)6-10)9-16-5-4-11(8-16)7-14(17)18/h2-3,6,11H,4-5,7-9H2,1H3,(H,17,18). The summed E-state index contributed by atoms with van der Waals surface area (Å²) in [5.74, 6) is -0.370. The molecule has 0 aromatic heterocycles. The number of benzene rings is 1. The Balaban J connectivity index is 1.93. The molecule has 0 bridgehead atoms. The number of carboxylic acid groups (broad SMARTS) is 1. The molecule has 1 aromatic rings. The highest BCUT2D eigenvalue weighted by molar-refractivity contribution is 9.10. The molecule has 1 saturated heterocycles. The second-order valence-electron chi connectivity index (χ2n) is 5.08. The van der Waals surface area contributed by atoms with Crippen LogP contribution in [0.15, 0.2) is 22.7 Å². The minimum atomic E-state index is -0.682. The summed E-state index contributed by atoms with van der Waals surface area (Å²) in [6.45, 7) is 4.87. The quantitative estimate of drug-likeness (QED) is 0.929. The van der Waals surface area contributed by atoms with E-state index in [0.29, 0.717) is 12.3 Å². The van der Waals surface area contributed by atoms with Crippen LogP contribution in [0.25, 0.3) is 0 Å². The van der Waals surface area contributed by atoms with Gasteiger partial charge in [0.2, 0.25) is 0 Å². The van der Waals surface area contributed by atoms with E-state index in [1.807, 2.05) is 0 Å². The Hall–Kier alpha value is -0.870. The minimum Gasteiger partial charge on any atom is -0.481 e. The number of rotatable bonds is 4. The lowest BCUT2D eigenvalue weighted by Gasteiger charge is -2.17. The van der Waals surface area contributed by atoms with Gasteiger partial charge in [-0.3, -0.25) is 9.69 Å². The van der Waals surface area contributed by atoms with E-state index in [1.54, 1.807) is 0 Å². The molecule has 3 nitrogen and oxygen atoms in total. The number of carbonyl (C=O) groups is 1. The Morgan fingerprint density at radius 3 is 3.00 bits per heavy atom. The van der Waals surface area contributed by atoms with Crippen LogP contribution in [0.3, 0.4) is 0 Å². The molecule has 0 spiro atoms. The van der Waals surface area contributed by atoms with E-state index in [4.69, 9.17) is 5.11 Å². The molecule has 4 heteroatoms. The Morgan fingerprint density at radius 2 is 2.33 bits per heavy atom. The van der Waals surface area contributed by atoms with Crippen molar-refractivity contribution in [3.05, 3.63) is 33.8 Å². The highest BCUT2D eigenvalue weighted by Crippen LogP contribution is 2.25. The van der Waals surface area contributed by atoms with E-state index < -0.39 is 5.97 Å². The van der Waals surface area contributed by atoms with Crippen LogP contribution in [0.1, 0.15) is 24.0 Å². The van der Waals surface area contributed by atoms with Gasteiger partial charge in [0, 0.05) is 24.0 Å². The van der Waals surface area contributed by atoms with Crippen molar-refractivity contribution in [1.29, 1.82) is 0 Å². The van der Waals surface area contributed by atoms with Gasteiger partial charge in [0.05, 0.1) is 0 Å². The number of carboxylic acids is 1. The monoisotopic (exact) mass is 311 g/mol. The van der Waals surface area contributed by atoms with Crippen LogP contribution in [0.4, 0.5) is 0 Å². The van der Waals surface area contributed by atoms with E-state index in [-0.39, 0.29) is 0 Å². The summed E-state index contributed by atoms with van der Waals surface area (Å²) in [4.78, 5) is 13.0. The first kappa shape index (κ1) is 13.6. The van der Waals surface area contributed by atoms with Crippen LogP contribution in [0, 0.1) is 12.8 Å². The SMILES string of the molecule is Cc1ccc(CN2CCC(CC(=O)O)C2)c(Br)c1. The molecule has 0 amide bonds. The van der Waals surface area contributed by atoms with E-state index in [9.17, 15) is 4.79 Å². The molecule has 0 radical (unpaired) electrons. The first-order valence-corrected chi connectivity index (χ1v) is 7.03. The molecule has 1 heterocycles. The van der Waals surface area contributed by atoms with Gasteiger partial charge in [0.25, 0.3) is 0 Å². The fraction of sp³-hybridized carbons (Fsp3) is 0.500. The van der Waals surface area contributed by atoms with Gasteiger partial charge < -0.3 is 5.11 Å². The fourth-order valence-corrected chi connectivity index (χ4v) is 3.11. The third-order valence-electron chi connectivity index (χ3n) is 3.44. The second kappa shape index (κ2) is 5.85. The van der Waals surface area contributed by atoms with Gasteiger partial charge in [-0.15, -0.1) is 0 Å². The van der Waals surface area contributed by atoms with Crippen molar-refractivity contribution < 1.29 is 9.90 Å². The lowest BCUT2D eigenvalue weighted by Crippen LogP contribution is -2.21. The van der Waals surface area contributed by atoms with Crippen molar-refractivity contribution in [2.45, 2.75) is 26.3 Å². The van der Waals surface area contributed by atoms with Crippen LogP contribution in [-0.2, 0) is 11.3 Å². The highest BCUT2D eigenvalue weighted by atomic mass is 79.9. The van der Waals surface area contributed by atoms with Gasteiger partial charge in [-0.05, 0) is 43.0 Å². The second-order valence-corrected chi connectivity index (χ2v) is 5.94. The van der Waals surface area contributed by atoms with Gasteiger partial charge in [-0.25, -0.2) is 0 Å². The Morgan fingerprint density at radius 1 is 1.56 bits per heavy atom. The number of hydrogen-bond donors (Lipinski definition) is 1. The van der Waals surface area contributed by atoms with Crippen LogP contribution in [0.2, 0.25) is 0 Å². The Kier molecular flexibility index (Phi) is 4.40. The lowest BCUT2D eigenvalue weighted by atomic mass is 10.1. The summed E-state index contributed by atoms with van der Waals surface area (Å²) in [5.41, 5.74) is 2.52. The summed E-state index contributed by atoms with van der Waals surface area (Å²) in [5, 5.41) is 8.80. The van der Waals surface area contributed by atoms with E-state index >= 15 is 0 Å². The molecule has 98 valence electrons. The van der Waals surface area contributed by atoms with Crippen molar-refractivity contribution in [3.8, 4) is 0 Å². The molecule has 1 aliphatic rings. The Labute approximate surface area is 116 Å². The third kappa shape index (κ3) is 3.56. The van der Waals surface area contributed by atoms with Gasteiger partial charge >= 0.3 is 5.97 Å². The third-order valence-corrected chi connectivity index (χ3v) is 4.17. The largest absolute Gasteiger partial charge is 0.481 e. The summed E-state index contributed by atoms with van der Waals surface area (Å²) in [6, 6.07) is 6.38. The molecular weight excluding hydrogens is 294 g/mol. The minimum absolute atomic E-state index is 0.297. The molecule has 1 N–H and O–H groups in total. The highest BCUT2D eigenvalue weighted by Gasteiger charge is 2.24. The average Bonchev–Trinajstić information content (AvgIpc) is 2.69. The zero-order valence-corrected chi connectivity index (χ0v) is 12.1.